The summed E-state index contributed by atoms with van der Waals surface area (Å²) < 4.78 is 5.18. The van der Waals surface area contributed by atoms with Gasteiger partial charge in [-0.15, -0.1) is 0 Å². The van der Waals surface area contributed by atoms with Crippen molar-refractivity contribution in [2.75, 3.05) is 0 Å². The zero-order valence-electron chi connectivity index (χ0n) is 18.3. The van der Waals surface area contributed by atoms with Gasteiger partial charge in [-0.3, -0.25) is 0 Å². The van der Waals surface area contributed by atoms with Crippen LogP contribution in [0.4, 0.5) is 0 Å². The van der Waals surface area contributed by atoms with Crippen molar-refractivity contribution in [2.24, 2.45) is 5.73 Å². The van der Waals surface area contributed by atoms with Crippen LogP contribution in [0.3, 0.4) is 0 Å². The van der Waals surface area contributed by atoms with Crippen LogP contribution in [0.15, 0.2) is 24.3 Å². The molecule has 2 N–H and O–H groups in total. The average Bonchev–Trinajstić information content (AvgIpc) is 2.77. The number of hydrogen-bond acceptors (Lipinski definition) is 1. The Bertz CT molecular complexity index is 561. The van der Waals surface area contributed by atoms with Gasteiger partial charge in [0.15, 0.2) is 0 Å². The van der Waals surface area contributed by atoms with Crippen molar-refractivity contribution in [1.82, 2.24) is 0 Å². The first-order valence-electron chi connectivity index (χ1n) is 12.6. The van der Waals surface area contributed by atoms with Crippen LogP contribution >= 0.6 is 0 Å². The summed E-state index contributed by atoms with van der Waals surface area (Å²) in [6.07, 6.45) is 22.8. The van der Waals surface area contributed by atoms with E-state index < -0.39 is 18.4 Å². The van der Waals surface area contributed by atoms with Crippen LogP contribution in [0.2, 0.25) is 11.8 Å². The van der Waals surface area contributed by atoms with Gasteiger partial charge in [-0.2, -0.15) is 0 Å². The van der Waals surface area contributed by atoms with E-state index in [0.29, 0.717) is 0 Å². The van der Waals surface area contributed by atoms with Gasteiger partial charge in [0, 0.05) is 0 Å². The van der Waals surface area contributed by atoms with Gasteiger partial charge < -0.3 is 0 Å². The molecular formula is C26H43NSn. The Morgan fingerprint density at radius 1 is 0.679 bits per heavy atom. The summed E-state index contributed by atoms with van der Waals surface area (Å²) in [7, 11) is 0. The third-order valence-corrected chi connectivity index (χ3v) is 29.2. The minimum atomic E-state index is -2.71. The number of hydrogen-bond donors (Lipinski definition) is 1. The number of rotatable bonds is 5. The van der Waals surface area contributed by atoms with Gasteiger partial charge >= 0.3 is 179 Å². The van der Waals surface area contributed by atoms with E-state index in [9.17, 15) is 0 Å². The summed E-state index contributed by atoms with van der Waals surface area (Å²) in [6.45, 7) is 2.25. The second kappa shape index (κ2) is 9.86. The molecular weight excluding hydrogens is 445 g/mol. The Hall–Kier alpha value is -0.0213. The molecule has 0 saturated heterocycles. The Morgan fingerprint density at radius 3 is 1.46 bits per heavy atom. The molecule has 1 aromatic rings. The van der Waals surface area contributed by atoms with Crippen LogP contribution in [0.25, 0.3) is 0 Å². The van der Waals surface area contributed by atoms with E-state index in [-0.39, 0.29) is 6.04 Å². The van der Waals surface area contributed by atoms with Gasteiger partial charge in [0.05, 0.1) is 0 Å². The van der Waals surface area contributed by atoms with Crippen molar-refractivity contribution in [3.63, 3.8) is 0 Å². The topological polar surface area (TPSA) is 26.0 Å². The van der Waals surface area contributed by atoms with E-state index in [0.717, 1.165) is 11.8 Å². The Kier molecular flexibility index (Phi) is 7.47. The van der Waals surface area contributed by atoms with Crippen molar-refractivity contribution in [1.29, 1.82) is 0 Å². The molecule has 0 aromatic heterocycles. The summed E-state index contributed by atoms with van der Waals surface area (Å²) in [6, 6.07) is 9.87. The molecule has 0 aliphatic heterocycles. The van der Waals surface area contributed by atoms with Crippen molar-refractivity contribution in [3.8, 4) is 0 Å². The predicted molar refractivity (Wildman–Crippen MR) is 125 cm³/mol. The molecule has 0 spiro atoms. The van der Waals surface area contributed by atoms with Crippen LogP contribution in [0.1, 0.15) is 115 Å². The van der Waals surface area contributed by atoms with Gasteiger partial charge in [0.1, 0.15) is 0 Å². The van der Waals surface area contributed by atoms with Gasteiger partial charge in [-0.1, -0.05) is 0 Å². The van der Waals surface area contributed by atoms with Crippen LogP contribution < -0.4 is 9.31 Å². The molecule has 0 bridgehead atoms. The monoisotopic (exact) mass is 489 g/mol. The summed E-state index contributed by atoms with van der Waals surface area (Å²) in [5, 5.41) is 0. The van der Waals surface area contributed by atoms with E-state index in [1.807, 2.05) is 3.58 Å². The zero-order valence-corrected chi connectivity index (χ0v) is 21.2. The van der Waals surface area contributed by atoms with E-state index >= 15 is 0 Å². The predicted octanol–water partition coefficient (Wildman–Crippen LogP) is 7.37. The minimum absolute atomic E-state index is 0.197. The van der Waals surface area contributed by atoms with Crippen molar-refractivity contribution < 1.29 is 0 Å². The van der Waals surface area contributed by atoms with Crippen LogP contribution in [0, 0.1) is 0 Å². The maximum atomic E-state index is 6.63. The van der Waals surface area contributed by atoms with E-state index in [1.165, 1.54) is 57.8 Å². The summed E-state index contributed by atoms with van der Waals surface area (Å²) in [5.41, 5.74) is 8.19. The maximum absolute atomic E-state index is 6.63. The number of nitrogens with two attached hydrogens (primary N) is 1. The SMILES string of the molecule is CC(N)c1cccc[c]1[Sn]([CH]1CCCCC1)([CH]1CCCCC1)[CH]1CCCCC1. The van der Waals surface area contributed by atoms with Crippen LogP contribution in [-0.4, -0.2) is 18.4 Å². The fourth-order valence-electron chi connectivity index (χ4n) is 7.69. The molecule has 1 aromatic carbocycles. The second-order valence-corrected chi connectivity index (χ2v) is 24.2. The molecule has 3 aliphatic carbocycles. The standard InChI is InChI=1S/C8H10N.3C6H11.Sn/c1-7(9)8-5-3-2-4-6-8;3*1-2-4-6-5-3-1;/h2-5,7H,9H2,1H3;3*1H,2-6H2;. The summed E-state index contributed by atoms with van der Waals surface area (Å²) >= 11 is -2.71. The Balaban J connectivity index is 1.88. The van der Waals surface area contributed by atoms with Gasteiger partial charge in [-0.05, 0) is 0 Å². The molecule has 3 fully saturated rings. The molecule has 3 saturated carbocycles. The third kappa shape index (κ3) is 4.09. The first kappa shape index (κ1) is 21.2. The molecule has 0 heterocycles. The normalized spacial score (nSPS) is 24.9. The fourth-order valence-corrected chi connectivity index (χ4v) is 32.3. The summed E-state index contributed by atoms with van der Waals surface area (Å²) in [4.78, 5) is 0. The summed E-state index contributed by atoms with van der Waals surface area (Å²) in [5.74, 6) is 0. The fraction of sp³-hybridized carbons (Fsp3) is 0.769. The number of benzene rings is 1. The molecule has 2 heteroatoms. The molecule has 156 valence electrons. The molecule has 1 nitrogen and oxygen atoms in total. The first-order chi connectivity index (χ1) is 13.7. The van der Waals surface area contributed by atoms with Crippen molar-refractivity contribution in [2.45, 2.75) is 121 Å². The molecule has 4 rings (SSSR count). The Morgan fingerprint density at radius 2 is 1.07 bits per heavy atom. The average molecular weight is 488 g/mol. The second-order valence-electron chi connectivity index (χ2n) is 10.3. The van der Waals surface area contributed by atoms with Crippen molar-refractivity contribution in [3.05, 3.63) is 29.8 Å². The van der Waals surface area contributed by atoms with Gasteiger partial charge in [0.2, 0.25) is 0 Å². The quantitative estimate of drug-likeness (QED) is 0.431. The van der Waals surface area contributed by atoms with Gasteiger partial charge in [0.25, 0.3) is 0 Å². The first-order valence-corrected chi connectivity index (χ1v) is 19.0. The van der Waals surface area contributed by atoms with Crippen LogP contribution in [-0.2, 0) is 0 Å². The Labute approximate surface area is 178 Å². The van der Waals surface area contributed by atoms with E-state index in [2.05, 4.69) is 31.2 Å². The molecule has 0 radical (unpaired) electrons. The van der Waals surface area contributed by atoms with Crippen LogP contribution in [0.5, 0.6) is 0 Å². The molecule has 3 aliphatic rings. The zero-order chi connectivity index (χ0) is 19.4. The molecule has 0 amide bonds. The van der Waals surface area contributed by atoms with E-state index in [1.54, 1.807) is 44.1 Å². The van der Waals surface area contributed by atoms with Crippen molar-refractivity contribution >= 4 is 22.0 Å². The molecule has 28 heavy (non-hydrogen) atoms. The van der Waals surface area contributed by atoms with E-state index in [4.69, 9.17) is 5.73 Å². The van der Waals surface area contributed by atoms with Gasteiger partial charge in [-0.25, -0.2) is 0 Å². The third-order valence-electron chi connectivity index (χ3n) is 8.76. The molecule has 1 unspecified atom stereocenters. The molecule has 1 atom stereocenters.